The zero-order chi connectivity index (χ0) is 11.3. The summed E-state index contributed by atoms with van der Waals surface area (Å²) in [5, 5.41) is 8.70. The highest BCUT2D eigenvalue weighted by molar-refractivity contribution is 5.71. The normalized spacial score (nSPS) is 9.67. The minimum absolute atomic E-state index is 0.0215. The smallest absolute Gasteiger partial charge is 0.307 e. The van der Waals surface area contributed by atoms with Crippen molar-refractivity contribution in [2.75, 3.05) is 6.61 Å². The fourth-order valence-electron chi connectivity index (χ4n) is 1.15. The van der Waals surface area contributed by atoms with Crippen LogP contribution >= 0.6 is 0 Å². The van der Waals surface area contributed by atoms with Crippen LogP contribution in [0.2, 0.25) is 0 Å². The number of carboxylic acids is 1. The van der Waals surface area contributed by atoms with Crippen molar-refractivity contribution < 1.29 is 14.6 Å². The first-order chi connectivity index (χ1) is 7.09. The minimum atomic E-state index is -0.860. The molecule has 0 amide bonds. The molecular formula is C12H14O3. The molecule has 0 aromatic heterocycles. The highest BCUT2D eigenvalue weighted by Gasteiger charge is 2.06. The monoisotopic (exact) mass is 206 g/mol. The Morgan fingerprint density at radius 1 is 1.47 bits per heavy atom. The molecular weight excluding hydrogens is 192 g/mol. The zero-order valence-electron chi connectivity index (χ0n) is 8.69. The van der Waals surface area contributed by atoms with Crippen LogP contribution in [0.15, 0.2) is 36.4 Å². The van der Waals surface area contributed by atoms with Gasteiger partial charge in [0.25, 0.3) is 0 Å². The number of hydrogen-bond donors (Lipinski definition) is 1. The Bertz CT molecular complexity index is 369. The maximum atomic E-state index is 10.6. The molecule has 1 N–H and O–H groups in total. The first-order valence-corrected chi connectivity index (χ1v) is 4.66. The minimum Gasteiger partial charge on any atom is -0.489 e. The van der Waals surface area contributed by atoms with Gasteiger partial charge in [-0.3, -0.25) is 4.79 Å². The summed E-state index contributed by atoms with van der Waals surface area (Å²) >= 11 is 0. The van der Waals surface area contributed by atoms with Gasteiger partial charge in [-0.1, -0.05) is 24.8 Å². The molecule has 15 heavy (non-hydrogen) atoms. The first kappa shape index (κ1) is 11.3. The number of benzene rings is 1. The number of ether oxygens (including phenoxy) is 1. The van der Waals surface area contributed by atoms with Crippen LogP contribution in [0.25, 0.3) is 0 Å². The van der Waals surface area contributed by atoms with Crippen LogP contribution in [0.4, 0.5) is 0 Å². The van der Waals surface area contributed by atoms with Gasteiger partial charge in [-0.25, -0.2) is 0 Å². The predicted molar refractivity (Wildman–Crippen MR) is 58.1 cm³/mol. The third kappa shape index (κ3) is 3.85. The van der Waals surface area contributed by atoms with Crippen LogP contribution < -0.4 is 4.74 Å². The Morgan fingerprint density at radius 3 is 2.73 bits per heavy atom. The van der Waals surface area contributed by atoms with E-state index in [1.165, 1.54) is 0 Å². The number of para-hydroxylation sites is 1. The maximum Gasteiger partial charge on any atom is 0.307 e. The van der Waals surface area contributed by atoms with Crippen molar-refractivity contribution in [3.63, 3.8) is 0 Å². The van der Waals surface area contributed by atoms with Crippen molar-refractivity contribution in [1.82, 2.24) is 0 Å². The molecule has 1 aromatic rings. The number of carboxylic acid groups (broad SMARTS) is 1. The third-order valence-electron chi connectivity index (χ3n) is 1.79. The van der Waals surface area contributed by atoms with E-state index in [2.05, 4.69) is 6.58 Å². The molecule has 0 radical (unpaired) electrons. The molecule has 0 fully saturated rings. The third-order valence-corrected chi connectivity index (χ3v) is 1.79. The summed E-state index contributed by atoms with van der Waals surface area (Å²) in [7, 11) is 0. The predicted octanol–water partition coefficient (Wildman–Crippen LogP) is 2.27. The van der Waals surface area contributed by atoms with Crippen molar-refractivity contribution in [2.24, 2.45) is 0 Å². The van der Waals surface area contributed by atoms with Gasteiger partial charge in [0.2, 0.25) is 0 Å². The average molecular weight is 206 g/mol. The van der Waals surface area contributed by atoms with Gasteiger partial charge in [-0.05, 0) is 18.6 Å². The highest BCUT2D eigenvalue weighted by atomic mass is 16.5. The second kappa shape index (κ2) is 5.20. The van der Waals surface area contributed by atoms with Gasteiger partial charge in [-0.15, -0.1) is 0 Å². The van der Waals surface area contributed by atoms with Crippen LogP contribution in [-0.4, -0.2) is 17.7 Å². The Labute approximate surface area is 89.0 Å². The van der Waals surface area contributed by atoms with Gasteiger partial charge in [0.15, 0.2) is 0 Å². The van der Waals surface area contributed by atoms with Gasteiger partial charge in [0.1, 0.15) is 12.4 Å². The lowest BCUT2D eigenvalue weighted by molar-refractivity contribution is -0.136. The largest absolute Gasteiger partial charge is 0.489 e. The maximum absolute atomic E-state index is 10.6. The van der Waals surface area contributed by atoms with E-state index in [1.54, 1.807) is 18.2 Å². The van der Waals surface area contributed by atoms with Gasteiger partial charge in [0, 0.05) is 5.56 Å². The van der Waals surface area contributed by atoms with Crippen LogP contribution in [0.1, 0.15) is 12.5 Å². The molecule has 1 rings (SSSR count). The van der Waals surface area contributed by atoms with Crippen molar-refractivity contribution >= 4 is 5.97 Å². The lowest BCUT2D eigenvalue weighted by Crippen LogP contribution is -2.05. The van der Waals surface area contributed by atoms with Gasteiger partial charge in [-0.2, -0.15) is 0 Å². The van der Waals surface area contributed by atoms with Crippen molar-refractivity contribution in [2.45, 2.75) is 13.3 Å². The van der Waals surface area contributed by atoms with E-state index in [0.29, 0.717) is 17.9 Å². The topological polar surface area (TPSA) is 46.5 Å². The molecule has 0 unspecified atom stereocenters. The second-order valence-corrected chi connectivity index (χ2v) is 3.42. The molecule has 0 aliphatic carbocycles. The first-order valence-electron chi connectivity index (χ1n) is 4.66. The summed E-state index contributed by atoms with van der Waals surface area (Å²) in [5.74, 6) is -0.246. The van der Waals surface area contributed by atoms with E-state index >= 15 is 0 Å². The van der Waals surface area contributed by atoms with E-state index in [1.807, 2.05) is 13.0 Å². The number of hydrogen-bond acceptors (Lipinski definition) is 2. The summed E-state index contributed by atoms with van der Waals surface area (Å²) in [6.45, 7) is 5.99. The summed E-state index contributed by atoms with van der Waals surface area (Å²) < 4.78 is 5.44. The molecule has 0 saturated carbocycles. The summed E-state index contributed by atoms with van der Waals surface area (Å²) in [6.07, 6.45) is -0.0215. The Balaban J connectivity index is 2.76. The highest BCUT2D eigenvalue weighted by Crippen LogP contribution is 2.18. The molecule has 80 valence electrons. The molecule has 1 aromatic carbocycles. The molecule has 0 saturated heterocycles. The van der Waals surface area contributed by atoms with E-state index in [0.717, 1.165) is 5.57 Å². The van der Waals surface area contributed by atoms with Gasteiger partial charge < -0.3 is 9.84 Å². The Kier molecular flexibility index (Phi) is 3.92. The van der Waals surface area contributed by atoms with Crippen LogP contribution in [-0.2, 0) is 11.2 Å². The molecule has 0 aliphatic rings. The van der Waals surface area contributed by atoms with Crippen molar-refractivity contribution in [3.05, 3.63) is 42.0 Å². The molecule has 0 spiro atoms. The lowest BCUT2D eigenvalue weighted by atomic mass is 10.1. The molecule has 3 heteroatoms. The fraction of sp³-hybridized carbons (Fsp3) is 0.250. The van der Waals surface area contributed by atoms with E-state index in [4.69, 9.17) is 9.84 Å². The standard InChI is InChI=1S/C12H14O3/c1-9(2)8-15-11-6-4-3-5-10(11)7-12(13)14/h3-6H,1,7-8H2,2H3,(H,13,14). The second-order valence-electron chi connectivity index (χ2n) is 3.42. The number of rotatable bonds is 5. The fourth-order valence-corrected chi connectivity index (χ4v) is 1.15. The average Bonchev–Trinajstić information content (AvgIpc) is 2.15. The Morgan fingerprint density at radius 2 is 2.13 bits per heavy atom. The van der Waals surface area contributed by atoms with Crippen molar-refractivity contribution in [1.29, 1.82) is 0 Å². The number of aliphatic carboxylic acids is 1. The lowest BCUT2D eigenvalue weighted by Gasteiger charge is -2.09. The number of carbonyl (C=O) groups is 1. The van der Waals surface area contributed by atoms with E-state index in [-0.39, 0.29) is 6.42 Å². The molecule has 0 heterocycles. The molecule has 0 atom stereocenters. The molecule has 3 nitrogen and oxygen atoms in total. The quantitative estimate of drug-likeness (QED) is 0.752. The van der Waals surface area contributed by atoms with E-state index < -0.39 is 5.97 Å². The summed E-state index contributed by atoms with van der Waals surface area (Å²) in [5.41, 5.74) is 1.59. The van der Waals surface area contributed by atoms with Gasteiger partial charge >= 0.3 is 5.97 Å². The SMILES string of the molecule is C=C(C)COc1ccccc1CC(=O)O. The summed E-state index contributed by atoms with van der Waals surface area (Å²) in [6, 6.07) is 7.13. The zero-order valence-corrected chi connectivity index (χ0v) is 8.69. The van der Waals surface area contributed by atoms with Crippen LogP contribution in [0.3, 0.4) is 0 Å². The Hall–Kier alpha value is -1.77. The molecule has 0 bridgehead atoms. The van der Waals surface area contributed by atoms with Crippen LogP contribution in [0, 0.1) is 0 Å². The van der Waals surface area contributed by atoms with Crippen LogP contribution in [0.5, 0.6) is 5.75 Å². The molecule has 0 aliphatic heterocycles. The van der Waals surface area contributed by atoms with Gasteiger partial charge in [0.05, 0.1) is 6.42 Å². The van der Waals surface area contributed by atoms with E-state index in [9.17, 15) is 4.79 Å². The summed E-state index contributed by atoms with van der Waals surface area (Å²) in [4.78, 5) is 10.6. The van der Waals surface area contributed by atoms with Crippen molar-refractivity contribution in [3.8, 4) is 5.75 Å².